The lowest BCUT2D eigenvalue weighted by atomic mass is 10.1. The van der Waals surface area contributed by atoms with Gasteiger partial charge in [-0.05, 0) is 31.2 Å². The number of carbonyl (C=O) groups excluding carboxylic acids is 1. The molecule has 2 aromatic heterocycles. The number of pyridine rings is 1. The minimum Gasteiger partial charge on any atom is -0.321 e. The molecule has 1 N–H and O–H groups in total. The first kappa shape index (κ1) is 11.4. The van der Waals surface area contributed by atoms with E-state index < -0.39 is 0 Å². The molecular formula is C14H12N4O. The van der Waals surface area contributed by atoms with Crippen molar-refractivity contribution in [2.45, 2.75) is 6.92 Å². The molecule has 2 heterocycles. The number of nitrogens with one attached hydrogen (secondary N) is 1. The number of fused-ring (bicyclic) bond motifs is 1. The van der Waals surface area contributed by atoms with Gasteiger partial charge in [0.1, 0.15) is 6.33 Å². The Morgan fingerprint density at radius 1 is 1.16 bits per heavy atom. The summed E-state index contributed by atoms with van der Waals surface area (Å²) in [4.78, 5) is 12.0. The summed E-state index contributed by atoms with van der Waals surface area (Å²) in [5, 5.41) is 10.5. The molecule has 1 aromatic carbocycles. The Labute approximate surface area is 109 Å². The van der Waals surface area contributed by atoms with Crippen LogP contribution in [0.15, 0.2) is 48.9 Å². The molecule has 0 aliphatic rings. The molecule has 0 saturated carbocycles. The summed E-state index contributed by atoms with van der Waals surface area (Å²) in [6, 6.07) is 11.0. The van der Waals surface area contributed by atoms with Gasteiger partial charge in [0.2, 0.25) is 0 Å². The highest BCUT2D eigenvalue weighted by Crippen LogP contribution is 2.11. The quantitative estimate of drug-likeness (QED) is 0.761. The Balaban J connectivity index is 1.83. The second-order valence-corrected chi connectivity index (χ2v) is 4.33. The van der Waals surface area contributed by atoms with Crippen molar-refractivity contribution in [2.75, 3.05) is 5.32 Å². The number of anilines is 1. The minimum absolute atomic E-state index is 0.132. The highest BCUT2D eigenvalue weighted by molar-refractivity contribution is 6.04. The highest BCUT2D eigenvalue weighted by Gasteiger charge is 2.06. The number of nitrogens with zero attached hydrogens (tertiary/aromatic N) is 3. The van der Waals surface area contributed by atoms with Gasteiger partial charge in [-0.3, -0.25) is 9.20 Å². The SMILES string of the molecule is Cc1ccc(C(=O)Nc2ccc3nncn3c2)cc1. The van der Waals surface area contributed by atoms with Gasteiger partial charge in [0.05, 0.1) is 5.69 Å². The first-order valence-corrected chi connectivity index (χ1v) is 5.90. The van der Waals surface area contributed by atoms with Crippen molar-refractivity contribution in [1.29, 1.82) is 0 Å². The van der Waals surface area contributed by atoms with Gasteiger partial charge in [-0.15, -0.1) is 10.2 Å². The van der Waals surface area contributed by atoms with E-state index in [1.165, 1.54) is 0 Å². The predicted octanol–water partition coefficient (Wildman–Crippen LogP) is 2.29. The van der Waals surface area contributed by atoms with Gasteiger partial charge >= 0.3 is 0 Å². The van der Waals surface area contributed by atoms with Crippen LogP contribution in [-0.2, 0) is 0 Å². The molecule has 0 aliphatic carbocycles. The number of rotatable bonds is 2. The summed E-state index contributed by atoms with van der Waals surface area (Å²) in [5.41, 5.74) is 3.21. The maximum Gasteiger partial charge on any atom is 0.255 e. The van der Waals surface area contributed by atoms with Crippen LogP contribution in [0.2, 0.25) is 0 Å². The number of amides is 1. The number of aryl methyl sites for hydroxylation is 1. The third-order valence-corrected chi connectivity index (χ3v) is 2.86. The predicted molar refractivity (Wildman–Crippen MR) is 72.1 cm³/mol. The fourth-order valence-corrected chi connectivity index (χ4v) is 1.81. The smallest absolute Gasteiger partial charge is 0.255 e. The maximum atomic E-state index is 12.0. The largest absolute Gasteiger partial charge is 0.321 e. The molecule has 0 spiro atoms. The fraction of sp³-hybridized carbons (Fsp3) is 0.0714. The zero-order valence-corrected chi connectivity index (χ0v) is 10.4. The summed E-state index contributed by atoms with van der Waals surface area (Å²) in [6.45, 7) is 1.99. The van der Waals surface area contributed by atoms with Crippen molar-refractivity contribution in [3.05, 3.63) is 60.0 Å². The Morgan fingerprint density at radius 2 is 1.95 bits per heavy atom. The zero-order chi connectivity index (χ0) is 13.2. The number of carbonyl (C=O) groups is 1. The topological polar surface area (TPSA) is 59.3 Å². The minimum atomic E-state index is -0.132. The Bertz CT molecular complexity index is 731. The van der Waals surface area contributed by atoms with Crippen LogP contribution >= 0.6 is 0 Å². The third kappa shape index (κ3) is 2.30. The lowest BCUT2D eigenvalue weighted by Crippen LogP contribution is -2.12. The first-order valence-electron chi connectivity index (χ1n) is 5.90. The van der Waals surface area contributed by atoms with Gasteiger partial charge in [-0.25, -0.2) is 0 Å². The van der Waals surface area contributed by atoms with Crippen LogP contribution in [-0.4, -0.2) is 20.5 Å². The van der Waals surface area contributed by atoms with E-state index in [2.05, 4.69) is 15.5 Å². The molecule has 3 aromatic rings. The van der Waals surface area contributed by atoms with Gasteiger partial charge in [0.25, 0.3) is 5.91 Å². The highest BCUT2D eigenvalue weighted by atomic mass is 16.1. The number of hydrogen-bond donors (Lipinski definition) is 1. The van der Waals surface area contributed by atoms with Gasteiger partial charge in [-0.1, -0.05) is 17.7 Å². The third-order valence-electron chi connectivity index (χ3n) is 2.86. The van der Waals surface area contributed by atoms with Crippen molar-refractivity contribution in [1.82, 2.24) is 14.6 Å². The summed E-state index contributed by atoms with van der Waals surface area (Å²) >= 11 is 0. The van der Waals surface area contributed by atoms with Crippen LogP contribution in [0.3, 0.4) is 0 Å². The van der Waals surface area contributed by atoms with Gasteiger partial charge in [-0.2, -0.15) is 0 Å². The molecule has 0 aliphatic heterocycles. The van der Waals surface area contributed by atoms with E-state index in [9.17, 15) is 4.79 Å². The number of aromatic nitrogens is 3. The number of hydrogen-bond acceptors (Lipinski definition) is 3. The first-order chi connectivity index (χ1) is 9.22. The number of benzene rings is 1. The molecule has 0 bridgehead atoms. The average Bonchev–Trinajstić information content (AvgIpc) is 2.87. The molecule has 0 radical (unpaired) electrons. The van der Waals surface area contributed by atoms with E-state index >= 15 is 0 Å². The molecule has 5 nitrogen and oxygen atoms in total. The van der Waals surface area contributed by atoms with Gasteiger partial charge < -0.3 is 5.32 Å². The molecule has 0 unspecified atom stereocenters. The Kier molecular flexibility index (Phi) is 2.72. The second-order valence-electron chi connectivity index (χ2n) is 4.33. The summed E-state index contributed by atoms with van der Waals surface area (Å²) in [7, 11) is 0. The normalized spacial score (nSPS) is 10.6. The second kappa shape index (κ2) is 4.53. The van der Waals surface area contributed by atoms with Crippen LogP contribution < -0.4 is 5.32 Å². The van der Waals surface area contributed by atoms with Crippen LogP contribution in [0.4, 0.5) is 5.69 Å². The summed E-state index contributed by atoms with van der Waals surface area (Å²) < 4.78 is 1.75. The lowest BCUT2D eigenvalue weighted by Gasteiger charge is -2.05. The van der Waals surface area contributed by atoms with Crippen LogP contribution in [0, 0.1) is 6.92 Å². The molecule has 94 valence electrons. The molecule has 19 heavy (non-hydrogen) atoms. The molecule has 3 rings (SSSR count). The Hall–Kier alpha value is -2.69. The lowest BCUT2D eigenvalue weighted by molar-refractivity contribution is 0.102. The molecule has 5 heteroatoms. The van der Waals surface area contributed by atoms with Crippen LogP contribution in [0.1, 0.15) is 15.9 Å². The average molecular weight is 252 g/mol. The maximum absolute atomic E-state index is 12.0. The van der Waals surface area contributed by atoms with Crippen LogP contribution in [0.25, 0.3) is 5.65 Å². The standard InChI is InChI=1S/C14H12N4O/c1-10-2-4-11(5-3-10)14(19)16-12-6-7-13-17-15-9-18(13)8-12/h2-9H,1H3,(H,16,19). The van der Waals surface area contributed by atoms with Crippen molar-refractivity contribution < 1.29 is 4.79 Å². The molecule has 0 atom stereocenters. The van der Waals surface area contributed by atoms with E-state index in [1.807, 2.05) is 31.2 Å². The van der Waals surface area contributed by atoms with Gasteiger partial charge in [0.15, 0.2) is 5.65 Å². The van der Waals surface area contributed by atoms with Crippen LogP contribution in [0.5, 0.6) is 0 Å². The van der Waals surface area contributed by atoms with E-state index in [0.717, 1.165) is 11.2 Å². The fourth-order valence-electron chi connectivity index (χ4n) is 1.81. The Morgan fingerprint density at radius 3 is 2.74 bits per heavy atom. The molecular weight excluding hydrogens is 240 g/mol. The van der Waals surface area contributed by atoms with E-state index in [1.54, 1.807) is 29.1 Å². The monoisotopic (exact) mass is 252 g/mol. The zero-order valence-electron chi connectivity index (χ0n) is 10.4. The molecule has 0 fully saturated rings. The van der Waals surface area contributed by atoms with Crippen molar-refractivity contribution >= 4 is 17.2 Å². The van der Waals surface area contributed by atoms with E-state index in [0.29, 0.717) is 11.3 Å². The van der Waals surface area contributed by atoms with E-state index in [4.69, 9.17) is 0 Å². The van der Waals surface area contributed by atoms with Crippen molar-refractivity contribution in [3.8, 4) is 0 Å². The van der Waals surface area contributed by atoms with Crippen molar-refractivity contribution in [2.24, 2.45) is 0 Å². The van der Waals surface area contributed by atoms with E-state index in [-0.39, 0.29) is 5.91 Å². The van der Waals surface area contributed by atoms with Crippen molar-refractivity contribution in [3.63, 3.8) is 0 Å². The molecule has 1 amide bonds. The summed E-state index contributed by atoms with van der Waals surface area (Å²) in [6.07, 6.45) is 3.37. The molecule has 0 saturated heterocycles. The summed E-state index contributed by atoms with van der Waals surface area (Å²) in [5.74, 6) is -0.132. The van der Waals surface area contributed by atoms with Gasteiger partial charge in [0, 0.05) is 11.8 Å².